The van der Waals surface area contributed by atoms with Gasteiger partial charge in [-0.3, -0.25) is 10.1 Å². The number of nitro groups is 1. The molecule has 0 radical (unpaired) electrons. The highest BCUT2D eigenvalue weighted by molar-refractivity contribution is 5.45. The monoisotopic (exact) mass is 228 g/mol. The normalized spacial score (nSPS) is 11.5. The fourth-order valence-electron chi connectivity index (χ4n) is 1.37. The summed E-state index contributed by atoms with van der Waals surface area (Å²) in [5.74, 6) is -1.37. The van der Waals surface area contributed by atoms with Crippen molar-refractivity contribution in [3.05, 3.63) is 33.6 Å². The van der Waals surface area contributed by atoms with Gasteiger partial charge in [0, 0.05) is 23.2 Å². The number of nitro benzene ring substituents is 1. The number of hydrogen-bond acceptors (Lipinski definition) is 4. The lowest BCUT2D eigenvalue weighted by molar-refractivity contribution is -0.387. The molecule has 0 aliphatic carbocycles. The summed E-state index contributed by atoms with van der Waals surface area (Å²) in [6, 6.07) is 1.75. The fraction of sp³-hybridized carbons (Fsp3) is 0.400. The van der Waals surface area contributed by atoms with Gasteiger partial charge in [-0.25, -0.2) is 0 Å². The zero-order valence-electron chi connectivity index (χ0n) is 9.03. The van der Waals surface area contributed by atoms with Crippen molar-refractivity contribution in [3.63, 3.8) is 0 Å². The largest absolute Gasteiger partial charge is 0.508 e. The maximum atomic E-state index is 13.1. The summed E-state index contributed by atoms with van der Waals surface area (Å²) in [5.41, 5.74) is 4.70. The molecule has 0 unspecified atom stereocenters. The highest BCUT2D eigenvalue weighted by Gasteiger charge is 2.21. The predicted molar refractivity (Wildman–Crippen MR) is 56.7 cm³/mol. The third-order valence-electron chi connectivity index (χ3n) is 1.99. The maximum absolute atomic E-state index is 13.1. The summed E-state index contributed by atoms with van der Waals surface area (Å²) in [4.78, 5) is 9.67. The molecule has 88 valence electrons. The first-order valence-corrected chi connectivity index (χ1v) is 4.65. The zero-order chi connectivity index (χ0) is 12.5. The van der Waals surface area contributed by atoms with Gasteiger partial charge in [-0.05, 0) is 20.3 Å². The molecule has 0 atom stereocenters. The van der Waals surface area contributed by atoms with Gasteiger partial charge in [0.05, 0.1) is 4.92 Å². The Bertz CT molecular complexity index is 427. The van der Waals surface area contributed by atoms with Crippen molar-refractivity contribution in [2.75, 3.05) is 0 Å². The molecule has 0 fully saturated rings. The van der Waals surface area contributed by atoms with Crippen LogP contribution in [0.3, 0.4) is 0 Å². The molecule has 0 saturated carbocycles. The molecule has 0 saturated heterocycles. The fourth-order valence-corrected chi connectivity index (χ4v) is 1.37. The number of phenols is 1. The van der Waals surface area contributed by atoms with Crippen molar-refractivity contribution in [1.29, 1.82) is 0 Å². The van der Waals surface area contributed by atoms with Gasteiger partial charge in [0.1, 0.15) is 5.75 Å². The van der Waals surface area contributed by atoms with E-state index in [9.17, 15) is 19.6 Å². The Morgan fingerprint density at radius 2 is 2.12 bits per heavy atom. The van der Waals surface area contributed by atoms with Gasteiger partial charge in [0.15, 0.2) is 0 Å². The Morgan fingerprint density at radius 1 is 1.56 bits per heavy atom. The van der Waals surface area contributed by atoms with Crippen LogP contribution >= 0.6 is 0 Å². The molecule has 0 spiro atoms. The lowest BCUT2D eigenvalue weighted by atomic mass is 9.95. The van der Waals surface area contributed by atoms with E-state index < -0.39 is 22.0 Å². The third-order valence-corrected chi connectivity index (χ3v) is 1.99. The highest BCUT2D eigenvalue weighted by Crippen LogP contribution is 2.28. The number of halogens is 1. The first-order valence-electron chi connectivity index (χ1n) is 4.65. The summed E-state index contributed by atoms with van der Waals surface area (Å²) in [7, 11) is 0. The molecule has 1 aromatic carbocycles. The molecule has 1 aromatic rings. The Labute approximate surface area is 91.8 Å². The summed E-state index contributed by atoms with van der Waals surface area (Å²) < 4.78 is 13.1. The average Bonchev–Trinajstić information content (AvgIpc) is 2.07. The van der Waals surface area contributed by atoms with Gasteiger partial charge in [-0.1, -0.05) is 0 Å². The lowest BCUT2D eigenvalue weighted by Crippen LogP contribution is -2.34. The van der Waals surface area contributed by atoms with Gasteiger partial charge < -0.3 is 10.8 Å². The number of hydrogen-bond donors (Lipinski definition) is 2. The Hall–Kier alpha value is -1.69. The summed E-state index contributed by atoms with van der Waals surface area (Å²) in [5, 5.41) is 19.9. The Kier molecular flexibility index (Phi) is 3.14. The first-order chi connectivity index (χ1) is 7.20. The van der Waals surface area contributed by atoms with Gasteiger partial charge in [-0.15, -0.1) is 0 Å². The molecule has 0 heterocycles. The van der Waals surface area contributed by atoms with E-state index in [1.807, 2.05) is 0 Å². The molecule has 0 aliphatic heterocycles. The molecule has 6 heteroatoms. The molecular formula is C10H13FN2O3. The smallest absolute Gasteiger partial charge is 0.305 e. The second-order valence-corrected chi connectivity index (χ2v) is 4.35. The Balaban J connectivity index is 3.20. The van der Waals surface area contributed by atoms with Crippen LogP contribution in [0.1, 0.15) is 19.4 Å². The number of rotatable bonds is 3. The van der Waals surface area contributed by atoms with Crippen molar-refractivity contribution in [2.24, 2.45) is 5.73 Å². The highest BCUT2D eigenvalue weighted by atomic mass is 19.1. The topological polar surface area (TPSA) is 89.4 Å². The van der Waals surface area contributed by atoms with Crippen molar-refractivity contribution in [1.82, 2.24) is 0 Å². The standard InChI is InChI=1S/C10H13FN2O3/c1-10(2,12)5-6-3-8(13(15)16)7(11)4-9(6)14/h3-4,14H,5,12H2,1-2H3. The van der Waals surface area contributed by atoms with E-state index in [2.05, 4.69) is 0 Å². The maximum Gasteiger partial charge on any atom is 0.305 e. The minimum atomic E-state index is -1.05. The number of phenolic OH excluding ortho intramolecular Hbond substituents is 1. The van der Waals surface area contributed by atoms with Crippen LogP contribution in [0, 0.1) is 15.9 Å². The molecule has 5 nitrogen and oxygen atoms in total. The van der Waals surface area contributed by atoms with Gasteiger partial charge >= 0.3 is 5.69 Å². The van der Waals surface area contributed by atoms with Crippen LogP contribution in [0.2, 0.25) is 0 Å². The van der Waals surface area contributed by atoms with E-state index in [-0.39, 0.29) is 17.7 Å². The molecule has 0 aromatic heterocycles. The van der Waals surface area contributed by atoms with Crippen LogP contribution in [-0.2, 0) is 6.42 Å². The number of nitrogens with two attached hydrogens (primary N) is 1. The van der Waals surface area contributed by atoms with E-state index in [0.29, 0.717) is 0 Å². The van der Waals surface area contributed by atoms with Gasteiger partial charge in [-0.2, -0.15) is 4.39 Å². The summed E-state index contributed by atoms with van der Waals surface area (Å²) in [6.07, 6.45) is 0.222. The zero-order valence-corrected chi connectivity index (χ0v) is 9.03. The SMILES string of the molecule is CC(C)(N)Cc1cc([N+](=O)[O-])c(F)cc1O. The predicted octanol–water partition coefficient (Wildman–Crippen LogP) is 1.72. The van der Waals surface area contributed by atoms with Crippen molar-refractivity contribution in [2.45, 2.75) is 25.8 Å². The van der Waals surface area contributed by atoms with Gasteiger partial charge in [0.2, 0.25) is 5.82 Å². The minimum absolute atomic E-state index is 0.222. The number of benzene rings is 1. The van der Waals surface area contributed by atoms with Crippen molar-refractivity contribution >= 4 is 5.69 Å². The molecule has 0 amide bonds. The Morgan fingerprint density at radius 3 is 2.56 bits per heavy atom. The summed E-state index contributed by atoms with van der Waals surface area (Å²) >= 11 is 0. The summed E-state index contributed by atoms with van der Waals surface area (Å²) in [6.45, 7) is 3.42. The van der Waals surface area contributed by atoms with E-state index in [1.165, 1.54) is 0 Å². The van der Waals surface area contributed by atoms with Crippen LogP contribution < -0.4 is 5.73 Å². The second-order valence-electron chi connectivity index (χ2n) is 4.35. The van der Waals surface area contributed by atoms with Crippen LogP contribution in [0.4, 0.5) is 10.1 Å². The van der Waals surface area contributed by atoms with E-state index in [0.717, 1.165) is 12.1 Å². The van der Waals surface area contributed by atoms with E-state index in [1.54, 1.807) is 13.8 Å². The molecular weight excluding hydrogens is 215 g/mol. The van der Waals surface area contributed by atoms with Crippen LogP contribution in [-0.4, -0.2) is 15.6 Å². The van der Waals surface area contributed by atoms with Crippen LogP contribution in [0.15, 0.2) is 12.1 Å². The lowest BCUT2D eigenvalue weighted by Gasteiger charge is -2.18. The van der Waals surface area contributed by atoms with Crippen LogP contribution in [0.5, 0.6) is 5.75 Å². The average molecular weight is 228 g/mol. The quantitative estimate of drug-likeness (QED) is 0.608. The van der Waals surface area contributed by atoms with Gasteiger partial charge in [0.25, 0.3) is 0 Å². The minimum Gasteiger partial charge on any atom is -0.508 e. The molecule has 0 aliphatic rings. The number of aromatic hydroxyl groups is 1. The van der Waals surface area contributed by atoms with Crippen molar-refractivity contribution in [3.8, 4) is 5.75 Å². The third kappa shape index (κ3) is 2.90. The van der Waals surface area contributed by atoms with Crippen molar-refractivity contribution < 1.29 is 14.4 Å². The molecule has 0 bridgehead atoms. The van der Waals surface area contributed by atoms with Crippen LogP contribution in [0.25, 0.3) is 0 Å². The van der Waals surface area contributed by atoms with E-state index >= 15 is 0 Å². The molecule has 1 rings (SSSR count). The molecule has 3 N–H and O–H groups in total. The number of nitrogens with zero attached hydrogens (tertiary/aromatic N) is 1. The molecule has 16 heavy (non-hydrogen) atoms. The first kappa shape index (κ1) is 12.4. The van der Waals surface area contributed by atoms with E-state index in [4.69, 9.17) is 5.73 Å². The second kappa shape index (κ2) is 4.05.